The Morgan fingerprint density at radius 3 is 2.15 bits per heavy atom. The number of aliphatic hydroxyl groups is 1. The molecule has 0 aromatic heterocycles. The standard InChI is InChI=1S/C20H27NO2.HO3P/c1-3-21(4-2)15-10-16-23-19-14-9-8-13-18(19)20(22)17-11-6-5-7-12-17;1-4(2)3/h5-9,11-14,20,22H,3-4,10,15-16H2,1-2H3;(H-,1,2,3)/p+1. The molecule has 7 heteroatoms. The van der Waals surface area contributed by atoms with Gasteiger partial charge in [0.1, 0.15) is 11.9 Å². The number of benzene rings is 2. The van der Waals surface area contributed by atoms with E-state index in [1.165, 1.54) is 0 Å². The van der Waals surface area contributed by atoms with Gasteiger partial charge in [0, 0.05) is 16.7 Å². The fourth-order valence-electron chi connectivity index (χ4n) is 2.66. The minimum Gasteiger partial charge on any atom is -0.493 e. The monoisotopic (exact) mass is 394 g/mol. The first kappa shape index (κ1) is 23.2. The molecule has 0 aliphatic heterocycles. The third-order valence-electron chi connectivity index (χ3n) is 4.10. The van der Waals surface area contributed by atoms with Crippen molar-refractivity contribution < 1.29 is 24.2 Å². The number of para-hydroxylation sites is 1. The van der Waals surface area contributed by atoms with Gasteiger partial charge in [-0.05, 0) is 31.1 Å². The van der Waals surface area contributed by atoms with Crippen LogP contribution < -0.4 is 4.74 Å². The highest BCUT2D eigenvalue weighted by molar-refractivity contribution is 7.30. The Kier molecular flexibility index (Phi) is 11.5. The summed E-state index contributed by atoms with van der Waals surface area (Å²) in [6.45, 7) is 8.19. The van der Waals surface area contributed by atoms with Crippen molar-refractivity contribution in [2.45, 2.75) is 26.4 Å². The van der Waals surface area contributed by atoms with Crippen LogP contribution in [-0.2, 0) is 4.57 Å². The van der Waals surface area contributed by atoms with Crippen LogP contribution in [0.3, 0.4) is 0 Å². The third-order valence-corrected chi connectivity index (χ3v) is 4.10. The van der Waals surface area contributed by atoms with Crippen LogP contribution in [0, 0.1) is 0 Å². The lowest BCUT2D eigenvalue weighted by atomic mass is 10.0. The Labute approximate surface area is 162 Å². The minimum absolute atomic E-state index is 0.657. The molecule has 0 aliphatic rings. The molecule has 0 amide bonds. The molecule has 0 bridgehead atoms. The normalized spacial score (nSPS) is 11.5. The van der Waals surface area contributed by atoms with Gasteiger partial charge in [0.15, 0.2) is 0 Å². The van der Waals surface area contributed by atoms with Crippen molar-refractivity contribution >= 4 is 8.25 Å². The number of nitrogens with zero attached hydrogens (tertiary/aromatic N) is 1. The summed E-state index contributed by atoms with van der Waals surface area (Å²) >= 11 is 0. The molecule has 2 aromatic rings. The van der Waals surface area contributed by atoms with E-state index < -0.39 is 14.4 Å². The van der Waals surface area contributed by atoms with E-state index in [1.54, 1.807) is 0 Å². The molecular formula is C20H29NO5P+. The molecule has 3 N–H and O–H groups in total. The van der Waals surface area contributed by atoms with E-state index in [0.717, 1.165) is 42.9 Å². The Bertz CT molecular complexity index is 660. The van der Waals surface area contributed by atoms with Crippen molar-refractivity contribution in [3.8, 4) is 5.75 Å². The zero-order valence-corrected chi connectivity index (χ0v) is 16.8. The summed E-state index contributed by atoms with van der Waals surface area (Å²) in [5.41, 5.74) is 1.70. The molecule has 2 rings (SSSR count). The second-order valence-electron chi connectivity index (χ2n) is 5.83. The van der Waals surface area contributed by atoms with Gasteiger partial charge in [0.05, 0.1) is 6.61 Å². The second-order valence-corrected chi connectivity index (χ2v) is 6.34. The van der Waals surface area contributed by atoms with E-state index in [0.29, 0.717) is 6.61 Å². The average molecular weight is 394 g/mol. The van der Waals surface area contributed by atoms with Crippen LogP contribution in [-0.4, -0.2) is 46.0 Å². The van der Waals surface area contributed by atoms with E-state index in [4.69, 9.17) is 19.1 Å². The Morgan fingerprint density at radius 1 is 1.00 bits per heavy atom. The number of rotatable bonds is 9. The SMILES string of the molecule is CCN(CC)CCCOc1ccccc1C(O)c1ccccc1.O=[P+](O)O. The fourth-order valence-corrected chi connectivity index (χ4v) is 2.66. The van der Waals surface area contributed by atoms with Gasteiger partial charge >= 0.3 is 8.25 Å². The van der Waals surface area contributed by atoms with Crippen LogP contribution >= 0.6 is 8.25 Å². The molecule has 2 aromatic carbocycles. The molecule has 0 saturated heterocycles. The molecule has 27 heavy (non-hydrogen) atoms. The van der Waals surface area contributed by atoms with Crippen LogP contribution in [0.2, 0.25) is 0 Å². The van der Waals surface area contributed by atoms with Crippen molar-refractivity contribution in [1.82, 2.24) is 4.90 Å². The van der Waals surface area contributed by atoms with E-state index in [-0.39, 0.29) is 0 Å². The second kappa shape index (κ2) is 13.4. The molecule has 0 heterocycles. The summed E-state index contributed by atoms with van der Waals surface area (Å²) in [7, 11) is -2.87. The van der Waals surface area contributed by atoms with Crippen LogP contribution in [0.15, 0.2) is 54.6 Å². The number of hydrogen-bond acceptors (Lipinski definition) is 4. The van der Waals surface area contributed by atoms with E-state index in [9.17, 15) is 5.11 Å². The molecule has 1 unspecified atom stereocenters. The molecule has 148 valence electrons. The van der Waals surface area contributed by atoms with Crippen molar-refractivity contribution in [1.29, 1.82) is 0 Å². The molecule has 0 radical (unpaired) electrons. The van der Waals surface area contributed by atoms with Gasteiger partial charge in [-0.3, -0.25) is 0 Å². The lowest BCUT2D eigenvalue weighted by Gasteiger charge is -2.19. The van der Waals surface area contributed by atoms with Gasteiger partial charge in [-0.25, -0.2) is 0 Å². The quantitative estimate of drug-likeness (QED) is 0.445. The first-order chi connectivity index (χ1) is 13.0. The zero-order chi connectivity index (χ0) is 20.1. The molecule has 0 fully saturated rings. The van der Waals surface area contributed by atoms with Gasteiger partial charge in [-0.1, -0.05) is 62.4 Å². The summed E-state index contributed by atoms with van der Waals surface area (Å²) in [6.07, 6.45) is 0.326. The van der Waals surface area contributed by atoms with E-state index >= 15 is 0 Å². The maximum Gasteiger partial charge on any atom is 0.692 e. The number of hydrogen-bond donors (Lipinski definition) is 3. The maximum atomic E-state index is 10.6. The predicted molar refractivity (Wildman–Crippen MR) is 107 cm³/mol. The molecular weight excluding hydrogens is 365 g/mol. The molecule has 0 saturated carbocycles. The summed E-state index contributed by atoms with van der Waals surface area (Å²) < 4.78 is 14.6. The highest BCUT2D eigenvalue weighted by atomic mass is 31.1. The lowest BCUT2D eigenvalue weighted by molar-refractivity contribution is 0.206. The Balaban J connectivity index is 0.000000828. The van der Waals surface area contributed by atoms with Gasteiger partial charge in [0.25, 0.3) is 0 Å². The first-order valence-corrected chi connectivity index (χ1v) is 10.2. The highest BCUT2D eigenvalue weighted by Crippen LogP contribution is 2.29. The van der Waals surface area contributed by atoms with Gasteiger partial charge in [0.2, 0.25) is 0 Å². The van der Waals surface area contributed by atoms with Crippen molar-refractivity contribution in [2.24, 2.45) is 0 Å². The summed E-state index contributed by atoms with van der Waals surface area (Å²) in [5, 5.41) is 10.6. The molecule has 0 spiro atoms. The largest absolute Gasteiger partial charge is 0.692 e. The molecule has 6 nitrogen and oxygen atoms in total. The van der Waals surface area contributed by atoms with Gasteiger partial charge in [-0.15, -0.1) is 9.79 Å². The van der Waals surface area contributed by atoms with Crippen molar-refractivity contribution in [3.63, 3.8) is 0 Å². The highest BCUT2D eigenvalue weighted by Gasteiger charge is 2.14. The van der Waals surface area contributed by atoms with Gasteiger partial charge < -0.3 is 14.7 Å². The Morgan fingerprint density at radius 2 is 1.56 bits per heavy atom. The smallest absolute Gasteiger partial charge is 0.493 e. The fraction of sp³-hybridized carbons (Fsp3) is 0.400. The lowest BCUT2D eigenvalue weighted by Crippen LogP contribution is -2.25. The minimum atomic E-state index is -2.87. The van der Waals surface area contributed by atoms with E-state index in [1.807, 2.05) is 54.6 Å². The maximum absolute atomic E-state index is 10.6. The summed E-state index contributed by atoms with van der Waals surface area (Å²) in [5.74, 6) is 0.767. The van der Waals surface area contributed by atoms with Crippen LogP contribution in [0.25, 0.3) is 0 Å². The Hall–Kier alpha value is -1.82. The van der Waals surface area contributed by atoms with Crippen LogP contribution in [0.1, 0.15) is 37.5 Å². The number of ether oxygens (including phenoxy) is 1. The van der Waals surface area contributed by atoms with Crippen molar-refractivity contribution in [3.05, 3.63) is 65.7 Å². The summed E-state index contributed by atoms with van der Waals surface area (Å²) in [4.78, 5) is 16.6. The average Bonchev–Trinajstić information content (AvgIpc) is 2.68. The molecule has 0 aliphatic carbocycles. The van der Waals surface area contributed by atoms with Crippen molar-refractivity contribution in [2.75, 3.05) is 26.2 Å². The van der Waals surface area contributed by atoms with Crippen LogP contribution in [0.4, 0.5) is 0 Å². The van der Waals surface area contributed by atoms with Crippen LogP contribution in [0.5, 0.6) is 5.75 Å². The zero-order valence-electron chi connectivity index (χ0n) is 15.9. The number of aliphatic hydroxyl groups excluding tert-OH is 1. The topological polar surface area (TPSA) is 90.2 Å². The predicted octanol–water partition coefficient (Wildman–Crippen LogP) is 3.51. The van der Waals surface area contributed by atoms with E-state index in [2.05, 4.69) is 18.7 Å². The molecule has 1 atom stereocenters. The van der Waals surface area contributed by atoms with Gasteiger partial charge in [-0.2, -0.15) is 0 Å². The first-order valence-electron chi connectivity index (χ1n) is 9.01. The summed E-state index contributed by atoms with van der Waals surface area (Å²) in [6, 6.07) is 17.4. The third kappa shape index (κ3) is 9.09.